The van der Waals surface area contributed by atoms with Crippen molar-refractivity contribution >= 4 is 50.5 Å². The predicted molar refractivity (Wildman–Crippen MR) is 93.6 cm³/mol. The second kappa shape index (κ2) is 7.55. The van der Waals surface area contributed by atoms with E-state index in [1.54, 1.807) is 0 Å². The summed E-state index contributed by atoms with van der Waals surface area (Å²) in [5.41, 5.74) is 0.00615. The summed E-state index contributed by atoms with van der Waals surface area (Å²) in [4.78, 5) is 12.1. The van der Waals surface area contributed by atoms with Crippen LogP contribution < -0.4 is 9.62 Å². The summed E-state index contributed by atoms with van der Waals surface area (Å²) < 4.78 is 50.9. The van der Waals surface area contributed by atoms with E-state index in [4.69, 9.17) is 23.2 Å². The molecule has 1 N–H and O–H groups in total. The first-order valence-electron chi connectivity index (χ1n) is 6.75. The number of sulfonamides is 1. The molecule has 5 nitrogen and oxygen atoms in total. The van der Waals surface area contributed by atoms with Crippen LogP contribution in [0.15, 0.2) is 36.4 Å². The molecular formula is C15H12Cl2F2N2O3S. The number of carbonyl (C=O) groups excluding carboxylic acids is 1. The van der Waals surface area contributed by atoms with Crippen molar-refractivity contribution in [3.05, 3.63) is 58.1 Å². The summed E-state index contributed by atoms with van der Waals surface area (Å²) in [7, 11) is -3.86. The van der Waals surface area contributed by atoms with Gasteiger partial charge in [0.25, 0.3) is 0 Å². The van der Waals surface area contributed by atoms with Crippen LogP contribution in [0.5, 0.6) is 0 Å². The van der Waals surface area contributed by atoms with Crippen molar-refractivity contribution in [3.8, 4) is 0 Å². The van der Waals surface area contributed by atoms with Crippen molar-refractivity contribution in [1.29, 1.82) is 0 Å². The van der Waals surface area contributed by atoms with Crippen molar-refractivity contribution in [3.63, 3.8) is 0 Å². The maximum absolute atomic E-state index is 13.2. The van der Waals surface area contributed by atoms with Gasteiger partial charge in [0.15, 0.2) is 11.6 Å². The zero-order chi connectivity index (χ0) is 18.8. The number of amides is 1. The molecule has 2 aromatic rings. The highest BCUT2D eigenvalue weighted by Gasteiger charge is 2.23. The van der Waals surface area contributed by atoms with E-state index in [0.29, 0.717) is 0 Å². The Morgan fingerprint density at radius 1 is 1.12 bits per heavy atom. The molecule has 0 fully saturated rings. The van der Waals surface area contributed by atoms with E-state index in [2.05, 4.69) is 5.32 Å². The third-order valence-electron chi connectivity index (χ3n) is 3.07. The summed E-state index contributed by atoms with van der Waals surface area (Å²) in [6.45, 7) is -0.627. The van der Waals surface area contributed by atoms with Gasteiger partial charge < -0.3 is 5.32 Å². The largest absolute Gasteiger partial charge is 0.324 e. The summed E-state index contributed by atoms with van der Waals surface area (Å²) in [6.07, 6.45) is 0.898. The molecule has 1 amide bonds. The van der Waals surface area contributed by atoms with Crippen LogP contribution in [0.1, 0.15) is 0 Å². The molecular weight excluding hydrogens is 397 g/mol. The molecule has 10 heteroatoms. The number of nitrogens with one attached hydrogen (secondary N) is 1. The minimum atomic E-state index is -3.86. The smallest absolute Gasteiger partial charge is 0.245 e. The molecule has 0 spiro atoms. The van der Waals surface area contributed by atoms with E-state index >= 15 is 0 Å². The van der Waals surface area contributed by atoms with Crippen LogP contribution in [-0.4, -0.2) is 27.1 Å². The highest BCUT2D eigenvalue weighted by molar-refractivity contribution is 7.92. The van der Waals surface area contributed by atoms with Gasteiger partial charge in [-0.15, -0.1) is 0 Å². The van der Waals surface area contributed by atoms with Gasteiger partial charge >= 0.3 is 0 Å². The van der Waals surface area contributed by atoms with Gasteiger partial charge in [0.05, 0.1) is 17.0 Å². The van der Waals surface area contributed by atoms with Gasteiger partial charge in [0.2, 0.25) is 15.9 Å². The van der Waals surface area contributed by atoms with Gasteiger partial charge in [-0.3, -0.25) is 9.10 Å². The van der Waals surface area contributed by atoms with Crippen molar-refractivity contribution in [2.75, 3.05) is 22.4 Å². The van der Waals surface area contributed by atoms with Crippen molar-refractivity contribution in [1.82, 2.24) is 0 Å². The van der Waals surface area contributed by atoms with E-state index in [1.165, 1.54) is 18.2 Å². The van der Waals surface area contributed by atoms with Gasteiger partial charge in [0.1, 0.15) is 6.54 Å². The molecule has 2 rings (SSSR count). The Bertz CT molecular complexity index is 923. The number of rotatable bonds is 5. The van der Waals surface area contributed by atoms with E-state index < -0.39 is 34.1 Å². The van der Waals surface area contributed by atoms with Gasteiger partial charge in [-0.25, -0.2) is 17.2 Å². The lowest BCUT2D eigenvalue weighted by Crippen LogP contribution is -2.37. The molecule has 0 radical (unpaired) electrons. The zero-order valence-corrected chi connectivity index (χ0v) is 15.1. The van der Waals surface area contributed by atoms with Crippen LogP contribution >= 0.6 is 23.2 Å². The van der Waals surface area contributed by atoms with Crippen LogP contribution in [0.2, 0.25) is 10.0 Å². The molecule has 0 bridgehead atoms. The third kappa shape index (κ3) is 5.04. The Hall–Kier alpha value is -1.90. The molecule has 134 valence electrons. The Morgan fingerprint density at radius 3 is 2.40 bits per heavy atom. The number of hydrogen-bond donors (Lipinski definition) is 1. The molecule has 2 aromatic carbocycles. The van der Waals surface area contributed by atoms with Crippen LogP contribution in [0.3, 0.4) is 0 Å². The fraction of sp³-hybridized carbons (Fsp3) is 0.133. The molecule has 0 aliphatic rings. The molecule has 25 heavy (non-hydrogen) atoms. The maximum Gasteiger partial charge on any atom is 0.245 e. The Morgan fingerprint density at radius 2 is 1.80 bits per heavy atom. The highest BCUT2D eigenvalue weighted by atomic mass is 35.5. The maximum atomic E-state index is 13.2. The minimum Gasteiger partial charge on any atom is -0.324 e. The number of benzene rings is 2. The lowest BCUT2D eigenvalue weighted by molar-refractivity contribution is -0.114. The molecule has 0 heterocycles. The molecule has 0 unspecified atom stereocenters. The molecule has 0 aliphatic carbocycles. The first kappa shape index (κ1) is 19.4. The fourth-order valence-corrected chi connectivity index (χ4v) is 3.26. The zero-order valence-electron chi connectivity index (χ0n) is 12.8. The molecule has 0 saturated heterocycles. The van der Waals surface area contributed by atoms with Gasteiger partial charge in [-0.2, -0.15) is 0 Å². The standard InChI is InChI=1S/C15H12Cl2F2N2O3S/c1-25(23,24)21(14-6-9(16)2-4-11(14)17)8-15(22)20-10-3-5-12(18)13(19)7-10/h2-7H,8H2,1H3,(H,20,22). The number of anilines is 2. The van der Waals surface area contributed by atoms with E-state index in [0.717, 1.165) is 28.8 Å². The lowest BCUT2D eigenvalue weighted by atomic mass is 10.3. The fourth-order valence-electron chi connectivity index (χ4n) is 1.96. The Kier molecular flexibility index (Phi) is 5.87. The summed E-state index contributed by atoms with van der Waals surface area (Å²) in [6, 6.07) is 6.93. The van der Waals surface area contributed by atoms with Crippen LogP contribution in [0.4, 0.5) is 20.2 Å². The Labute approximate surface area is 153 Å². The molecule has 0 aliphatic heterocycles. The quantitative estimate of drug-likeness (QED) is 0.820. The highest BCUT2D eigenvalue weighted by Crippen LogP contribution is 2.30. The minimum absolute atomic E-state index is 0.0189. The average molecular weight is 409 g/mol. The topological polar surface area (TPSA) is 66.5 Å². The normalized spacial score (nSPS) is 11.2. The Balaban J connectivity index is 2.27. The first-order chi connectivity index (χ1) is 11.6. The lowest BCUT2D eigenvalue weighted by Gasteiger charge is -2.23. The second-order valence-corrected chi connectivity index (χ2v) is 7.79. The number of halogens is 4. The van der Waals surface area contributed by atoms with Crippen molar-refractivity contribution < 1.29 is 22.0 Å². The molecule has 0 saturated carbocycles. The SMILES string of the molecule is CS(=O)(=O)N(CC(=O)Nc1ccc(F)c(F)c1)c1cc(Cl)ccc1Cl. The predicted octanol–water partition coefficient (Wildman–Crippen LogP) is 3.68. The average Bonchev–Trinajstić information content (AvgIpc) is 2.50. The summed E-state index contributed by atoms with van der Waals surface area (Å²) in [5.74, 6) is -2.98. The summed E-state index contributed by atoms with van der Waals surface area (Å²) >= 11 is 11.8. The summed E-state index contributed by atoms with van der Waals surface area (Å²) in [5, 5.41) is 2.60. The third-order valence-corrected chi connectivity index (χ3v) is 4.75. The number of carbonyl (C=O) groups is 1. The molecule has 0 atom stereocenters. The van der Waals surface area contributed by atoms with Crippen LogP contribution in [-0.2, 0) is 14.8 Å². The van der Waals surface area contributed by atoms with Crippen molar-refractivity contribution in [2.45, 2.75) is 0 Å². The van der Waals surface area contributed by atoms with E-state index in [1.807, 2.05) is 0 Å². The first-order valence-corrected chi connectivity index (χ1v) is 9.36. The van der Waals surface area contributed by atoms with Gasteiger partial charge in [-0.05, 0) is 30.3 Å². The van der Waals surface area contributed by atoms with Crippen LogP contribution in [0.25, 0.3) is 0 Å². The number of hydrogen-bond acceptors (Lipinski definition) is 3. The molecule has 0 aromatic heterocycles. The van der Waals surface area contributed by atoms with Crippen LogP contribution in [0, 0.1) is 11.6 Å². The second-order valence-electron chi connectivity index (χ2n) is 5.04. The number of nitrogens with zero attached hydrogens (tertiary/aromatic N) is 1. The van der Waals surface area contributed by atoms with E-state index in [9.17, 15) is 22.0 Å². The van der Waals surface area contributed by atoms with Gasteiger partial charge in [-0.1, -0.05) is 23.2 Å². The van der Waals surface area contributed by atoms with Crippen molar-refractivity contribution in [2.24, 2.45) is 0 Å². The van der Waals surface area contributed by atoms with Gasteiger partial charge in [0, 0.05) is 16.8 Å². The van der Waals surface area contributed by atoms with E-state index in [-0.39, 0.29) is 21.4 Å². The monoisotopic (exact) mass is 408 g/mol.